The van der Waals surface area contributed by atoms with Gasteiger partial charge in [0.1, 0.15) is 5.75 Å². The molecule has 2 heterocycles. The molecule has 4 rings (SSSR count). The van der Waals surface area contributed by atoms with Crippen LogP contribution in [-0.4, -0.2) is 66.9 Å². The zero-order valence-electron chi connectivity index (χ0n) is 23.1. The summed E-state index contributed by atoms with van der Waals surface area (Å²) in [6.45, 7) is 1.76. The Balaban J connectivity index is 1.40. The molecule has 0 spiro atoms. The molecule has 1 atom stereocenters. The van der Waals surface area contributed by atoms with Crippen molar-refractivity contribution in [3.05, 3.63) is 65.1 Å². The van der Waals surface area contributed by atoms with Crippen LogP contribution in [0.3, 0.4) is 0 Å². The maximum absolute atomic E-state index is 13.5. The maximum Gasteiger partial charge on any atom is 0.309 e. The molecule has 3 aromatic rings. The molecule has 10 heteroatoms. The van der Waals surface area contributed by atoms with Gasteiger partial charge in [0, 0.05) is 25.0 Å². The summed E-state index contributed by atoms with van der Waals surface area (Å²) in [6, 6.07) is 7.51. The predicted octanol–water partition coefficient (Wildman–Crippen LogP) is 5.34. The molecule has 1 aliphatic rings. The fourth-order valence-electron chi connectivity index (χ4n) is 5.61. The fraction of sp³-hybridized carbons (Fsp3) is 0.467. The number of anilines is 1. The molecule has 0 aliphatic carbocycles. The van der Waals surface area contributed by atoms with E-state index in [-0.39, 0.29) is 6.42 Å². The molecular formula is C30H36F3N3O4. The number of likely N-dealkylation sites (tertiary alicyclic amines) is 1. The number of carbonyl (C=O) groups is 1. The van der Waals surface area contributed by atoms with E-state index in [9.17, 15) is 28.2 Å². The van der Waals surface area contributed by atoms with Gasteiger partial charge in [-0.3, -0.25) is 9.78 Å². The van der Waals surface area contributed by atoms with Crippen LogP contribution in [0, 0.1) is 22.9 Å². The number of halogens is 3. The summed E-state index contributed by atoms with van der Waals surface area (Å²) in [5.41, 5.74) is 1.60. The minimum Gasteiger partial charge on any atom is -0.497 e. The van der Waals surface area contributed by atoms with Crippen molar-refractivity contribution in [2.45, 2.75) is 44.6 Å². The lowest BCUT2D eigenvalue weighted by Crippen LogP contribution is -2.44. The van der Waals surface area contributed by atoms with Crippen LogP contribution in [0.5, 0.6) is 5.75 Å². The first kappa shape index (κ1) is 29.6. The van der Waals surface area contributed by atoms with Crippen molar-refractivity contribution in [3.63, 3.8) is 0 Å². The highest BCUT2D eigenvalue weighted by atomic mass is 19.2. The number of benzene rings is 2. The van der Waals surface area contributed by atoms with Gasteiger partial charge in [-0.05, 0) is 94.1 Å². The van der Waals surface area contributed by atoms with Crippen molar-refractivity contribution < 1.29 is 32.9 Å². The van der Waals surface area contributed by atoms with Gasteiger partial charge in [-0.1, -0.05) is 0 Å². The Bertz CT molecular complexity index is 1340. The molecule has 1 fully saturated rings. The Kier molecular flexibility index (Phi) is 9.20. The number of ether oxygens (including phenoxy) is 1. The number of methoxy groups -OCH3 is 1. The Morgan fingerprint density at radius 2 is 1.82 bits per heavy atom. The first-order chi connectivity index (χ1) is 19.0. The quantitative estimate of drug-likeness (QED) is 0.307. The fourth-order valence-corrected chi connectivity index (χ4v) is 5.61. The summed E-state index contributed by atoms with van der Waals surface area (Å²) in [6.07, 6.45) is 3.25. The number of carboxylic acids is 1. The summed E-state index contributed by atoms with van der Waals surface area (Å²) in [5.74, 6) is -4.09. The van der Waals surface area contributed by atoms with E-state index in [1.54, 1.807) is 13.3 Å². The summed E-state index contributed by atoms with van der Waals surface area (Å²) in [5, 5.41) is 22.4. The topological polar surface area (TPSA) is 86.1 Å². The number of nitrogens with zero attached hydrogens (tertiary/aromatic N) is 3. The Hall–Kier alpha value is -3.37. The van der Waals surface area contributed by atoms with E-state index < -0.39 is 34.9 Å². The van der Waals surface area contributed by atoms with Crippen LogP contribution in [0.25, 0.3) is 10.9 Å². The van der Waals surface area contributed by atoms with Gasteiger partial charge in [0.05, 0.1) is 36.0 Å². The molecule has 1 aromatic heterocycles. The van der Waals surface area contributed by atoms with Gasteiger partial charge < -0.3 is 24.7 Å². The minimum atomic E-state index is -1.47. The van der Waals surface area contributed by atoms with Crippen molar-refractivity contribution in [2.75, 3.05) is 45.7 Å². The van der Waals surface area contributed by atoms with Crippen LogP contribution in [0.2, 0.25) is 0 Å². The molecule has 216 valence electrons. The predicted molar refractivity (Wildman–Crippen MR) is 147 cm³/mol. The van der Waals surface area contributed by atoms with Gasteiger partial charge in [-0.15, -0.1) is 0 Å². The number of piperidine rings is 1. The third kappa shape index (κ3) is 6.33. The number of hydrogen-bond acceptors (Lipinski definition) is 6. The van der Waals surface area contributed by atoms with Crippen LogP contribution in [0.4, 0.5) is 18.9 Å². The standard InChI is InChI=1S/C30H36F3N3O4/c1-35(2)25-18-34-24-7-6-20(40-3)17-21(24)27(25)26(37)8-9-30(29(38)39)10-13-36(14-11-30)12-4-5-19-15-22(31)28(33)23(32)16-19/h6-7,15-18,26,37H,4-5,8-14H2,1-3H3,(H,38,39)/t26-/m0/s1. The third-order valence-corrected chi connectivity index (χ3v) is 8.06. The largest absolute Gasteiger partial charge is 0.497 e. The van der Waals surface area contributed by atoms with Crippen LogP contribution < -0.4 is 9.64 Å². The van der Waals surface area contributed by atoms with Gasteiger partial charge in [0.25, 0.3) is 0 Å². The van der Waals surface area contributed by atoms with Crippen molar-refractivity contribution in [2.24, 2.45) is 5.41 Å². The average Bonchev–Trinajstić information content (AvgIpc) is 2.94. The highest BCUT2D eigenvalue weighted by Gasteiger charge is 2.41. The number of aliphatic hydroxyl groups excluding tert-OH is 1. The van der Waals surface area contributed by atoms with E-state index in [1.165, 1.54) is 0 Å². The molecule has 0 unspecified atom stereocenters. The lowest BCUT2D eigenvalue weighted by molar-refractivity contribution is -0.153. The van der Waals surface area contributed by atoms with Crippen LogP contribution in [0.15, 0.2) is 36.5 Å². The lowest BCUT2D eigenvalue weighted by atomic mass is 9.74. The first-order valence-corrected chi connectivity index (χ1v) is 13.5. The average molecular weight is 560 g/mol. The van der Waals surface area contributed by atoms with Gasteiger partial charge in [-0.2, -0.15) is 0 Å². The Labute approximate surface area is 232 Å². The number of rotatable bonds is 11. The van der Waals surface area contributed by atoms with E-state index in [2.05, 4.69) is 9.88 Å². The molecule has 7 nitrogen and oxygen atoms in total. The highest BCUT2D eigenvalue weighted by Crippen LogP contribution is 2.41. The molecule has 0 bridgehead atoms. The number of aryl methyl sites for hydroxylation is 1. The molecule has 0 amide bonds. The second kappa shape index (κ2) is 12.4. The molecule has 1 saturated heterocycles. The number of fused-ring (bicyclic) bond motifs is 1. The molecular weight excluding hydrogens is 523 g/mol. The zero-order chi connectivity index (χ0) is 29.0. The normalized spacial score (nSPS) is 16.2. The Morgan fingerprint density at radius 1 is 1.15 bits per heavy atom. The van der Waals surface area contributed by atoms with E-state index in [0.29, 0.717) is 74.1 Å². The van der Waals surface area contributed by atoms with E-state index in [0.717, 1.165) is 23.2 Å². The van der Waals surface area contributed by atoms with Crippen LogP contribution in [-0.2, 0) is 11.2 Å². The lowest BCUT2D eigenvalue weighted by Gasteiger charge is -2.39. The van der Waals surface area contributed by atoms with Gasteiger partial charge in [0.15, 0.2) is 17.5 Å². The van der Waals surface area contributed by atoms with Crippen molar-refractivity contribution in [1.82, 2.24) is 9.88 Å². The molecule has 40 heavy (non-hydrogen) atoms. The number of hydrogen-bond donors (Lipinski definition) is 2. The number of aliphatic carboxylic acids is 1. The first-order valence-electron chi connectivity index (χ1n) is 13.5. The van der Waals surface area contributed by atoms with Crippen molar-refractivity contribution >= 4 is 22.6 Å². The van der Waals surface area contributed by atoms with Gasteiger partial charge in [0.2, 0.25) is 0 Å². The molecule has 0 saturated carbocycles. The van der Waals surface area contributed by atoms with Crippen LogP contribution >= 0.6 is 0 Å². The minimum absolute atomic E-state index is 0.269. The summed E-state index contributed by atoms with van der Waals surface area (Å²) >= 11 is 0. The second-order valence-electron chi connectivity index (χ2n) is 10.8. The van der Waals surface area contributed by atoms with Gasteiger partial charge >= 0.3 is 5.97 Å². The Morgan fingerprint density at radius 3 is 2.42 bits per heavy atom. The SMILES string of the molecule is COc1ccc2ncc(N(C)C)c([C@@H](O)CCC3(C(=O)O)CCN(CCCc4cc(F)c(F)c(F)c4)CC3)c2c1. The van der Waals surface area contributed by atoms with E-state index >= 15 is 0 Å². The molecule has 2 aromatic carbocycles. The monoisotopic (exact) mass is 559 g/mol. The number of aliphatic hydroxyl groups is 1. The summed E-state index contributed by atoms with van der Waals surface area (Å²) in [4.78, 5) is 21.0. The molecule has 2 N–H and O–H groups in total. The number of carboxylic acid groups (broad SMARTS) is 1. The third-order valence-electron chi connectivity index (χ3n) is 8.06. The van der Waals surface area contributed by atoms with Crippen molar-refractivity contribution in [3.8, 4) is 5.75 Å². The van der Waals surface area contributed by atoms with E-state index in [4.69, 9.17) is 4.74 Å². The number of pyridine rings is 1. The maximum atomic E-state index is 13.5. The smallest absolute Gasteiger partial charge is 0.309 e. The van der Waals surface area contributed by atoms with Gasteiger partial charge in [-0.25, -0.2) is 13.2 Å². The van der Waals surface area contributed by atoms with Crippen LogP contribution in [0.1, 0.15) is 49.3 Å². The molecule has 1 aliphatic heterocycles. The van der Waals surface area contributed by atoms with Crippen molar-refractivity contribution in [1.29, 1.82) is 0 Å². The van der Waals surface area contributed by atoms with E-state index in [1.807, 2.05) is 37.2 Å². The summed E-state index contributed by atoms with van der Waals surface area (Å²) < 4.78 is 45.5. The molecule has 0 radical (unpaired) electrons. The second-order valence-corrected chi connectivity index (χ2v) is 10.8. The highest BCUT2D eigenvalue weighted by molar-refractivity contribution is 5.88. The zero-order valence-corrected chi connectivity index (χ0v) is 23.1. The summed E-state index contributed by atoms with van der Waals surface area (Å²) in [7, 11) is 5.32. The number of aromatic nitrogens is 1.